The van der Waals surface area contributed by atoms with E-state index in [0.717, 1.165) is 5.69 Å². The lowest BCUT2D eigenvalue weighted by molar-refractivity contribution is 0.0953. The van der Waals surface area contributed by atoms with Gasteiger partial charge in [-0.25, -0.2) is 4.98 Å². The van der Waals surface area contributed by atoms with Gasteiger partial charge in [-0.3, -0.25) is 9.00 Å². The number of amides is 1. The molecule has 0 aliphatic rings. The molecule has 6 heteroatoms. The number of nitrogens with zero attached hydrogens (tertiary/aromatic N) is 1. The number of hydrogen-bond donors (Lipinski definition) is 2. The summed E-state index contributed by atoms with van der Waals surface area (Å²) in [5.41, 5.74) is 1.38. The van der Waals surface area contributed by atoms with E-state index in [0.29, 0.717) is 24.3 Å². The van der Waals surface area contributed by atoms with Crippen molar-refractivity contribution >= 4 is 22.5 Å². The van der Waals surface area contributed by atoms with Crippen molar-refractivity contribution < 1.29 is 9.00 Å². The third-order valence-electron chi connectivity index (χ3n) is 2.87. The number of carbonyl (C=O) groups is 1. The standard InChI is InChI=1S/C13H21N3O2S/c1-9-7-11(8-12(14-3)16-9)13(17)15-6-5-10(2)19(4)18/h7-8,10H,5-6H2,1-4H3,(H,14,16)(H,15,17). The van der Waals surface area contributed by atoms with Crippen LogP contribution in [-0.2, 0) is 10.8 Å². The fraction of sp³-hybridized carbons (Fsp3) is 0.538. The second-order valence-corrected chi connectivity index (χ2v) is 6.29. The van der Waals surface area contributed by atoms with Gasteiger partial charge in [0.05, 0.1) is 0 Å². The first-order valence-corrected chi connectivity index (χ1v) is 7.83. The molecule has 0 saturated carbocycles. The fourth-order valence-corrected chi connectivity index (χ4v) is 2.03. The molecule has 106 valence electrons. The van der Waals surface area contributed by atoms with Crippen LogP contribution < -0.4 is 10.6 Å². The molecule has 0 radical (unpaired) electrons. The molecule has 0 aliphatic heterocycles. The summed E-state index contributed by atoms with van der Waals surface area (Å²) < 4.78 is 11.2. The van der Waals surface area contributed by atoms with E-state index in [4.69, 9.17) is 0 Å². The number of rotatable bonds is 6. The second-order valence-electron chi connectivity index (χ2n) is 4.49. The van der Waals surface area contributed by atoms with Gasteiger partial charge in [-0.1, -0.05) is 6.92 Å². The smallest absolute Gasteiger partial charge is 0.251 e. The monoisotopic (exact) mass is 283 g/mol. The number of anilines is 1. The third-order valence-corrected chi connectivity index (χ3v) is 4.24. The zero-order valence-electron chi connectivity index (χ0n) is 11.8. The summed E-state index contributed by atoms with van der Waals surface area (Å²) in [5, 5.41) is 5.85. The first-order valence-electron chi connectivity index (χ1n) is 6.21. The number of hydrogen-bond acceptors (Lipinski definition) is 4. The van der Waals surface area contributed by atoms with Gasteiger partial charge in [0.2, 0.25) is 0 Å². The average molecular weight is 283 g/mol. The highest BCUT2D eigenvalue weighted by atomic mass is 32.2. The number of nitrogens with one attached hydrogen (secondary N) is 2. The van der Waals surface area contributed by atoms with Gasteiger partial charge >= 0.3 is 0 Å². The van der Waals surface area contributed by atoms with Crippen molar-refractivity contribution in [2.75, 3.05) is 25.2 Å². The lowest BCUT2D eigenvalue weighted by atomic mass is 10.2. The fourth-order valence-electron chi connectivity index (χ4n) is 1.58. The average Bonchev–Trinajstić information content (AvgIpc) is 2.37. The van der Waals surface area contributed by atoms with Crippen molar-refractivity contribution in [2.24, 2.45) is 0 Å². The molecule has 1 heterocycles. The molecule has 0 bridgehead atoms. The lowest BCUT2D eigenvalue weighted by Gasteiger charge is -2.10. The maximum Gasteiger partial charge on any atom is 0.251 e. The zero-order valence-corrected chi connectivity index (χ0v) is 12.6. The number of aromatic nitrogens is 1. The Morgan fingerprint density at radius 2 is 2.16 bits per heavy atom. The summed E-state index contributed by atoms with van der Waals surface area (Å²) >= 11 is 0. The molecule has 0 aliphatic carbocycles. The molecule has 0 fully saturated rings. The summed E-state index contributed by atoms with van der Waals surface area (Å²) in [4.78, 5) is 16.2. The maximum atomic E-state index is 12.0. The van der Waals surface area contributed by atoms with Gasteiger partial charge in [-0.2, -0.15) is 0 Å². The van der Waals surface area contributed by atoms with Gasteiger partial charge in [0.25, 0.3) is 5.91 Å². The minimum Gasteiger partial charge on any atom is -0.373 e. The van der Waals surface area contributed by atoms with Crippen molar-refractivity contribution in [3.05, 3.63) is 23.4 Å². The molecule has 2 unspecified atom stereocenters. The summed E-state index contributed by atoms with van der Waals surface area (Å²) in [6.45, 7) is 4.29. The van der Waals surface area contributed by atoms with E-state index >= 15 is 0 Å². The van der Waals surface area contributed by atoms with Crippen LogP contribution in [-0.4, -0.2) is 40.2 Å². The van der Waals surface area contributed by atoms with Gasteiger partial charge in [-0.05, 0) is 25.5 Å². The molecule has 5 nitrogen and oxygen atoms in total. The molecule has 1 aromatic heterocycles. The zero-order chi connectivity index (χ0) is 14.4. The molecule has 0 saturated heterocycles. The molecule has 2 N–H and O–H groups in total. The Balaban J connectivity index is 2.58. The predicted octanol–water partition coefficient (Wildman–Crippen LogP) is 1.32. The van der Waals surface area contributed by atoms with Gasteiger partial charge in [0.15, 0.2) is 0 Å². The molecule has 1 aromatic rings. The van der Waals surface area contributed by atoms with E-state index < -0.39 is 10.8 Å². The largest absolute Gasteiger partial charge is 0.373 e. The number of aryl methyl sites for hydroxylation is 1. The van der Waals surface area contributed by atoms with Crippen LogP contribution in [0, 0.1) is 6.92 Å². The molecule has 2 atom stereocenters. The summed E-state index contributed by atoms with van der Waals surface area (Å²) in [6.07, 6.45) is 2.38. The predicted molar refractivity (Wildman–Crippen MR) is 79.0 cm³/mol. The Bertz CT molecular complexity index is 477. The highest BCUT2D eigenvalue weighted by Crippen LogP contribution is 2.09. The molecule has 0 spiro atoms. The first kappa shape index (κ1) is 15.6. The van der Waals surface area contributed by atoms with Gasteiger partial charge in [0, 0.05) is 47.2 Å². The van der Waals surface area contributed by atoms with Gasteiger partial charge in [0.1, 0.15) is 5.82 Å². The highest BCUT2D eigenvalue weighted by molar-refractivity contribution is 7.84. The van der Waals surface area contributed by atoms with Crippen molar-refractivity contribution in [1.82, 2.24) is 10.3 Å². The Kier molecular flexibility index (Phi) is 5.95. The quantitative estimate of drug-likeness (QED) is 0.826. The third kappa shape index (κ3) is 4.98. The SMILES string of the molecule is CNc1cc(C(=O)NCCC(C)S(C)=O)cc(C)n1. The topological polar surface area (TPSA) is 71.1 Å². The van der Waals surface area contributed by atoms with Gasteiger partial charge < -0.3 is 10.6 Å². The highest BCUT2D eigenvalue weighted by Gasteiger charge is 2.10. The van der Waals surface area contributed by atoms with Crippen molar-refractivity contribution in [3.63, 3.8) is 0 Å². The van der Waals surface area contributed by atoms with E-state index in [1.54, 1.807) is 25.4 Å². The Morgan fingerprint density at radius 3 is 2.74 bits per heavy atom. The molecule has 19 heavy (non-hydrogen) atoms. The van der Waals surface area contributed by atoms with Crippen molar-refractivity contribution in [3.8, 4) is 0 Å². The summed E-state index contributed by atoms with van der Waals surface area (Å²) in [7, 11) is 0.916. The van der Waals surface area contributed by atoms with E-state index in [2.05, 4.69) is 15.6 Å². The van der Waals surface area contributed by atoms with E-state index in [1.807, 2.05) is 13.8 Å². The minimum absolute atomic E-state index is 0.0901. The van der Waals surface area contributed by atoms with Crippen molar-refractivity contribution in [1.29, 1.82) is 0 Å². The van der Waals surface area contributed by atoms with E-state index in [1.165, 1.54) is 0 Å². The van der Waals surface area contributed by atoms with Crippen LogP contribution in [0.1, 0.15) is 29.4 Å². The van der Waals surface area contributed by atoms with Gasteiger partial charge in [-0.15, -0.1) is 0 Å². The van der Waals surface area contributed by atoms with Crippen LogP contribution in [0.3, 0.4) is 0 Å². The maximum absolute atomic E-state index is 12.0. The van der Waals surface area contributed by atoms with Crippen LogP contribution >= 0.6 is 0 Å². The Morgan fingerprint density at radius 1 is 1.47 bits per heavy atom. The van der Waals surface area contributed by atoms with Crippen LogP contribution in [0.25, 0.3) is 0 Å². The summed E-state index contributed by atoms with van der Waals surface area (Å²) in [5.74, 6) is 0.546. The van der Waals surface area contributed by atoms with E-state index in [-0.39, 0.29) is 11.2 Å². The number of pyridine rings is 1. The number of carbonyl (C=O) groups excluding carboxylic acids is 1. The second kappa shape index (κ2) is 7.23. The molecule has 0 aromatic carbocycles. The van der Waals surface area contributed by atoms with Crippen LogP contribution in [0.4, 0.5) is 5.82 Å². The van der Waals surface area contributed by atoms with Crippen molar-refractivity contribution in [2.45, 2.75) is 25.5 Å². The minimum atomic E-state index is -0.850. The summed E-state index contributed by atoms with van der Waals surface area (Å²) in [6, 6.07) is 3.46. The Hall–Kier alpha value is -1.43. The van der Waals surface area contributed by atoms with Crippen LogP contribution in [0.15, 0.2) is 12.1 Å². The molecular weight excluding hydrogens is 262 g/mol. The molecule has 1 amide bonds. The lowest BCUT2D eigenvalue weighted by Crippen LogP contribution is -2.27. The Labute approximate surface area is 116 Å². The molecule has 1 rings (SSSR count). The first-order chi connectivity index (χ1) is 8.93. The van der Waals surface area contributed by atoms with Crippen LogP contribution in [0.5, 0.6) is 0 Å². The van der Waals surface area contributed by atoms with E-state index in [9.17, 15) is 9.00 Å². The molecular formula is C13H21N3O2S. The van der Waals surface area contributed by atoms with Crippen LogP contribution in [0.2, 0.25) is 0 Å². The normalized spacial score (nSPS) is 13.7.